The zero-order chi connectivity index (χ0) is 14.5. The molecule has 2 rings (SSSR count). The Labute approximate surface area is 124 Å². The molecule has 1 fully saturated rings. The lowest BCUT2D eigenvalue weighted by atomic mass is 10.1. The molecule has 4 nitrogen and oxygen atoms in total. The molecule has 5 heteroatoms. The van der Waals surface area contributed by atoms with Gasteiger partial charge in [-0.1, -0.05) is 19.1 Å². The van der Waals surface area contributed by atoms with Crippen molar-refractivity contribution in [3.8, 4) is 11.5 Å². The fourth-order valence-electron chi connectivity index (χ4n) is 2.45. The third-order valence-corrected chi connectivity index (χ3v) is 4.62. The summed E-state index contributed by atoms with van der Waals surface area (Å²) in [5.74, 6) is 2.61. The van der Waals surface area contributed by atoms with E-state index in [0.717, 1.165) is 30.0 Å². The van der Waals surface area contributed by atoms with Crippen molar-refractivity contribution < 1.29 is 14.3 Å². The highest BCUT2D eigenvalue weighted by Gasteiger charge is 2.32. The summed E-state index contributed by atoms with van der Waals surface area (Å²) in [6.07, 6.45) is 1.48. The predicted octanol–water partition coefficient (Wildman–Crippen LogP) is 3.08. The molecule has 0 aromatic heterocycles. The van der Waals surface area contributed by atoms with Gasteiger partial charge in [-0.3, -0.25) is 4.79 Å². The summed E-state index contributed by atoms with van der Waals surface area (Å²) in [6, 6.07) is 5.83. The monoisotopic (exact) mass is 295 g/mol. The van der Waals surface area contributed by atoms with Crippen molar-refractivity contribution in [1.82, 2.24) is 4.90 Å². The number of hydrogen-bond donors (Lipinski definition) is 0. The van der Waals surface area contributed by atoms with Gasteiger partial charge in [0.2, 0.25) is 5.91 Å². The first kappa shape index (κ1) is 15.0. The topological polar surface area (TPSA) is 38.8 Å². The van der Waals surface area contributed by atoms with Gasteiger partial charge < -0.3 is 14.4 Å². The number of ether oxygens (including phenoxy) is 2. The second-order valence-electron chi connectivity index (χ2n) is 4.64. The van der Waals surface area contributed by atoms with Crippen molar-refractivity contribution >= 4 is 17.7 Å². The number of thioether (sulfide) groups is 1. The summed E-state index contributed by atoms with van der Waals surface area (Å²) >= 11 is 1.78. The second-order valence-corrected chi connectivity index (χ2v) is 5.83. The van der Waals surface area contributed by atoms with Crippen molar-refractivity contribution in [3.05, 3.63) is 23.8 Å². The van der Waals surface area contributed by atoms with E-state index in [4.69, 9.17) is 9.47 Å². The summed E-state index contributed by atoms with van der Waals surface area (Å²) in [7, 11) is 3.27. The molecule has 0 N–H and O–H groups in total. The van der Waals surface area contributed by atoms with Gasteiger partial charge in [0, 0.05) is 24.3 Å². The minimum atomic E-state index is 0.0269. The number of methoxy groups -OCH3 is 2. The first-order valence-corrected chi connectivity index (χ1v) is 7.89. The normalized spacial score (nSPS) is 18.1. The number of carbonyl (C=O) groups excluding carboxylic acids is 1. The first-order chi connectivity index (χ1) is 9.72. The minimum absolute atomic E-state index is 0.0269. The molecule has 1 heterocycles. The molecular weight excluding hydrogens is 274 g/mol. The quantitative estimate of drug-likeness (QED) is 0.837. The van der Waals surface area contributed by atoms with Crippen LogP contribution in [0, 0.1) is 0 Å². The molecule has 1 atom stereocenters. The van der Waals surface area contributed by atoms with Crippen molar-refractivity contribution in [2.45, 2.75) is 25.1 Å². The van der Waals surface area contributed by atoms with Crippen molar-refractivity contribution in [1.29, 1.82) is 0 Å². The molecule has 1 saturated heterocycles. The van der Waals surface area contributed by atoms with E-state index in [-0.39, 0.29) is 11.3 Å². The number of amides is 1. The van der Waals surface area contributed by atoms with Gasteiger partial charge in [0.05, 0.1) is 14.2 Å². The Kier molecular flexibility index (Phi) is 5.17. The molecule has 0 bridgehead atoms. The maximum atomic E-state index is 12.2. The van der Waals surface area contributed by atoms with Gasteiger partial charge in [-0.2, -0.15) is 0 Å². The maximum Gasteiger partial charge on any atom is 0.223 e. The fraction of sp³-hybridized carbons (Fsp3) is 0.533. The first-order valence-electron chi connectivity index (χ1n) is 6.84. The maximum absolute atomic E-state index is 12.2. The number of hydrogen-bond acceptors (Lipinski definition) is 4. The van der Waals surface area contributed by atoms with Gasteiger partial charge in [-0.15, -0.1) is 11.8 Å². The standard InChI is InChI=1S/C15H21NO3S/c1-4-6-13(17)16-9-10-20-15(16)11-7-5-8-12(18-2)14(11)19-3/h5,7-8,15H,4,6,9-10H2,1-3H3. The fourth-order valence-corrected chi connectivity index (χ4v) is 3.74. The number of para-hydroxylation sites is 1. The summed E-state index contributed by atoms with van der Waals surface area (Å²) in [5.41, 5.74) is 1.01. The van der Waals surface area contributed by atoms with Gasteiger partial charge in [-0.05, 0) is 12.5 Å². The molecule has 1 amide bonds. The van der Waals surface area contributed by atoms with Gasteiger partial charge in [0.1, 0.15) is 5.37 Å². The van der Waals surface area contributed by atoms with Crippen molar-refractivity contribution in [2.24, 2.45) is 0 Å². The highest BCUT2D eigenvalue weighted by Crippen LogP contribution is 2.45. The summed E-state index contributed by atoms with van der Waals surface area (Å²) in [5, 5.41) is 0.0269. The molecule has 1 aromatic carbocycles. The number of benzene rings is 1. The van der Waals surface area contributed by atoms with Crippen LogP contribution in [0.25, 0.3) is 0 Å². The zero-order valence-electron chi connectivity index (χ0n) is 12.2. The predicted molar refractivity (Wildman–Crippen MR) is 81.4 cm³/mol. The van der Waals surface area contributed by atoms with Crippen molar-refractivity contribution in [3.63, 3.8) is 0 Å². The lowest BCUT2D eigenvalue weighted by Gasteiger charge is -2.26. The van der Waals surface area contributed by atoms with Crippen LogP contribution in [0.1, 0.15) is 30.7 Å². The Morgan fingerprint density at radius 3 is 2.85 bits per heavy atom. The van der Waals surface area contributed by atoms with E-state index in [2.05, 4.69) is 0 Å². The lowest BCUT2D eigenvalue weighted by Crippen LogP contribution is -2.30. The lowest BCUT2D eigenvalue weighted by molar-refractivity contribution is -0.131. The smallest absolute Gasteiger partial charge is 0.223 e. The molecule has 0 saturated carbocycles. The third-order valence-electron chi connectivity index (χ3n) is 3.37. The Bertz CT molecular complexity index is 478. The Morgan fingerprint density at radius 1 is 1.40 bits per heavy atom. The van der Waals surface area contributed by atoms with Crippen LogP contribution in [0.5, 0.6) is 11.5 Å². The van der Waals surface area contributed by atoms with E-state index in [1.165, 1.54) is 0 Å². The molecule has 1 aliphatic heterocycles. The van der Waals surface area contributed by atoms with Crippen LogP contribution in [0.4, 0.5) is 0 Å². The molecule has 110 valence electrons. The summed E-state index contributed by atoms with van der Waals surface area (Å²) in [4.78, 5) is 14.2. The molecule has 0 radical (unpaired) electrons. The third kappa shape index (κ3) is 2.87. The SMILES string of the molecule is CCCC(=O)N1CCSC1c1cccc(OC)c1OC. The highest BCUT2D eigenvalue weighted by atomic mass is 32.2. The van der Waals surface area contributed by atoms with Gasteiger partial charge in [0.15, 0.2) is 11.5 Å². The molecule has 20 heavy (non-hydrogen) atoms. The average Bonchev–Trinajstić information content (AvgIpc) is 2.95. The molecule has 0 spiro atoms. The summed E-state index contributed by atoms with van der Waals surface area (Å²) < 4.78 is 10.8. The molecule has 1 unspecified atom stereocenters. The number of nitrogens with zero attached hydrogens (tertiary/aromatic N) is 1. The van der Waals surface area contributed by atoms with E-state index in [0.29, 0.717) is 12.2 Å². The second kappa shape index (κ2) is 6.88. The molecule has 0 aliphatic carbocycles. The minimum Gasteiger partial charge on any atom is -0.493 e. The number of rotatable bonds is 5. The Hall–Kier alpha value is -1.36. The van der Waals surface area contributed by atoms with Crippen LogP contribution >= 0.6 is 11.8 Å². The largest absolute Gasteiger partial charge is 0.493 e. The van der Waals surface area contributed by atoms with Gasteiger partial charge >= 0.3 is 0 Å². The van der Waals surface area contributed by atoms with Crippen LogP contribution in [-0.4, -0.2) is 37.3 Å². The number of carbonyl (C=O) groups is 1. The average molecular weight is 295 g/mol. The van der Waals surface area contributed by atoms with Crippen LogP contribution in [0.15, 0.2) is 18.2 Å². The van der Waals surface area contributed by atoms with Crippen LogP contribution in [-0.2, 0) is 4.79 Å². The summed E-state index contributed by atoms with van der Waals surface area (Å²) in [6.45, 7) is 2.83. The molecule has 1 aliphatic rings. The van der Waals surface area contributed by atoms with E-state index in [1.54, 1.807) is 26.0 Å². The van der Waals surface area contributed by atoms with Gasteiger partial charge in [0.25, 0.3) is 0 Å². The highest BCUT2D eigenvalue weighted by molar-refractivity contribution is 7.99. The zero-order valence-corrected chi connectivity index (χ0v) is 13.0. The van der Waals surface area contributed by atoms with Crippen LogP contribution in [0.3, 0.4) is 0 Å². The van der Waals surface area contributed by atoms with E-state index in [1.807, 2.05) is 30.0 Å². The van der Waals surface area contributed by atoms with Crippen molar-refractivity contribution in [2.75, 3.05) is 26.5 Å². The van der Waals surface area contributed by atoms with Crippen LogP contribution < -0.4 is 9.47 Å². The van der Waals surface area contributed by atoms with E-state index < -0.39 is 0 Å². The molecular formula is C15H21NO3S. The van der Waals surface area contributed by atoms with E-state index in [9.17, 15) is 4.79 Å². The van der Waals surface area contributed by atoms with Crippen LogP contribution in [0.2, 0.25) is 0 Å². The Morgan fingerprint density at radius 2 is 2.20 bits per heavy atom. The Balaban J connectivity index is 2.32. The van der Waals surface area contributed by atoms with E-state index >= 15 is 0 Å². The molecule has 1 aromatic rings. The van der Waals surface area contributed by atoms with Gasteiger partial charge in [-0.25, -0.2) is 0 Å².